The number of piperazine rings is 1. The number of rotatable bonds is 13. The van der Waals surface area contributed by atoms with Crippen LogP contribution in [-0.2, 0) is 9.53 Å². The fourth-order valence-electron chi connectivity index (χ4n) is 6.60. The van der Waals surface area contributed by atoms with Gasteiger partial charge in [0.15, 0.2) is 5.60 Å². The molecule has 2 aliphatic heterocycles. The van der Waals surface area contributed by atoms with Crippen LogP contribution in [0, 0.1) is 13.8 Å². The maximum Gasteiger partial charge on any atom is 0.411 e. The van der Waals surface area contributed by atoms with E-state index in [-0.39, 0.29) is 30.4 Å². The first-order chi connectivity index (χ1) is 25.2. The molecule has 0 aromatic heterocycles. The number of benzene rings is 3. The summed E-state index contributed by atoms with van der Waals surface area (Å²) in [5.41, 5.74) is 3.24. The molecule has 6 rings (SSSR count). The van der Waals surface area contributed by atoms with Crippen molar-refractivity contribution in [2.24, 2.45) is 0 Å². The minimum Gasteiger partial charge on any atom is -0.492 e. The second-order valence-electron chi connectivity index (χ2n) is 14.2. The van der Waals surface area contributed by atoms with Gasteiger partial charge in [0, 0.05) is 29.2 Å². The van der Waals surface area contributed by atoms with E-state index < -0.39 is 21.5 Å². The Hall–Kier alpha value is -2.86. The molecular weight excluding hydrogens is 840 g/mol. The van der Waals surface area contributed by atoms with Crippen molar-refractivity contribution in [2.45, 2.75) is 74.5 Å². The van der Waals surface area contributed by atoms with Crippen molar-refractivity contribution < 1.29 is 28.5 Å². The monoisotopic (exact) mass is 883 g/mol. The van der Waals surface area contributed by atoms with E-state index in [2.05, 4.69) is 35.1 Å². The van der Waals surface area contributed by atoms with Gasteiger partial charge in [-0.05, 0) is 118 Å². The summed E-state index contributed by atoms with van der Waals surface area (Å²) < 4.78 is 22.9. The fourth-order valence-corrected chi connectivity index (χ4v) is 6.98. The van der Waals surface area contributed by atoms with E-state index >= 15 is 0 Å². The zero-order valence-electron chi connectivity index (χ0n) is 30.7. The molecule has 9 nitrogen and oxygen atoms in total. The molecule has 1 saturated carbocycles. The van der Waals surface area contributed by atoms with Crippen LogP contribution < -0.4 is 19.5 Å². The van der Waals surface area contributed by atoms with Gasteiger partial charge in [0.05, 0.1) is 18.6 Å². The first-order valence-electron chi connectivity index (χ1n) is 17.9. The topological polar surface area (TPSA) is 89.6 Å². The van der Waals surface area contributed by atoms with Crippen molar-refractivity contribution in [2.75, 3.05) is 39.5 Å². The predicted octanol–water partition coefficient (Wildman–Crippen LogP) is 9.10. The number of hydrogen-bond donors (Lipinski definition) is 1. The average Bonchev–Trinajstić information content (AvgIpc) is 3.95. The van der Waals surface area contributed by atoms with Crippen LogP contribution in [0.4, 0.5) is 4.79 Å². The minimum atomic E-state index is -1.86. The summed E-state index contributed by atoms with van der Waals surface area (Å²) in [6.45, 7) is 9.59. The van der Waals surface area contributed by atoms with E-state index in [1.807, 2.05) is 71.6 Å². The number of nitrogens with one attached hydrogen (secondary N) is 1. The maximum atomic E-state index is 14.9. The lowest BCUT2D eigenvalue weighted by molar-refractivity contribution is -0.129. The first kappa shape index (κ1) is 42.3. The van der Waals surface area contributed by atoms with E-state index in [4.69, 9.17) is 53.8 Å². The molecule has 1 N–H and O–H groups in total. The normalized spacial score (nSPS) is 18.4. The van der Waals surface area contributed by atoms with Gasteiger partial charge in [-0.15, -0.1) is 12.4 Å². The van der Waals surface area contributed by atoms with Crippen LogP contribution in [0.25, 0.3) is 5.57 Å². The largest absolute Gasteiger partial charge is 0.492 e. The number of alkyl halides is 3. The smallest absolute Gasteiger partial charge is 0.411 e. The van der Waals surface area contributed by atoms with E-state index in [1.54, 1.807) is 18.7 Å². The zero-order chi connectivity index (χ0) is 37.9. The number of fused-ring (bicyclic) bond motifs is 2. The molecule has 1 aliphatic carbocycles. The van der Waals surface area contributed by atoms with E-state index in [0.29, 0.717) is 57.2 Å². The second-order valence-corrected chi connectivity index (χ2v) is 17.4. The number of carbonyl (C=O) groups is 2. The quantitative estimate of drug-likeness (QED) is 0.135. The lowest BCUT2D eigenvalue weighted by Crippen LogP contribution is -2.64. The van der Waals surface area contributed by atoms with Crippen LogP contribution >= 0.6 is 63.1 Å². The van der Waals surface area contributed by atoms with Crippen molar-refractivity contribution in [3.8, 4) is 17.2 Å². The van der Waals surface area contributed by atoms with Gasteiger partial charge in [0.2, 0.25) is 3.79 Å². The van der Waals surface area contributed by atoms with Crippen LogP contribution in [-0.4, -0.2) is 88.8 Å². The van der Waals surface area contributed by atoms with Gasteiger partial charge in [-0.3, -0.25) is 9.69 Å². The highest BCUT2D eigenvalue weighted by molar-refractivity contribution is 9.10. The van der Waals surface area contributed by atoms with Crippen molar-refractivity contribution >= 4 is 80.7 Å². The Balaban J connectivity index is 0.00000561. The Kier molecular flexibility index (Phi) is 14.1. The summed E-state index contributed by atoms with van der Waals surface area (Å²) in [6.07, 6.45) is 1.61. The van der Waals surface area contributed by atoms with E-state index in [1.165, 1.54) is 5.56 Å². The maximum absolute atomic E-state index is 14.9. The van der Waals surface area contributed by atoms with Crippen molar-refractivity contribution in [3.05, 3.63) is 93.5 Å². The third-order valence-corrected chi connectivity index (χ3v) is 11.9. The van der Waals surface area contributed by atoms with Gasteiger partial charge < -0.3 is 29.2 Å². The van der Waals surface area contributed by atoms with Crippen LogP contribution in [0.2, 0.25) is 0 Å². The highest BCUT2D eigenvalue weighted by atomic mass is 79.9. The number of ether oxygens (including phenoxy) is 4. The van der Waals surface area contributed by atoms with Gasteiger partial charge in [-0.1, -0.05) is 68.9 Å². The summed E-state index contributed by atoms with van der Waals surface area (Å²) in [7, 11) is 0. The Morgan fingerprint density at radius 3 is 2.04 bits per heavy atom. The molecule has 2 bridgehead atoms. The van der Waals surface area contributed by atoms with Gasteiger partial charge in [-0.2, -0.15) is 0 Å². The molecule has 0 radical (unpaired) electrons. The number of aryl methyl sites for hydroxylation is 2. The van der Waals surface area contributed by atoms with E-state index in [9.17, 15) is 9.59 Å². The van der Waals surface area contributed by atoms with Crippen LogP contribution in [0.15, 0.2) is 76.8 Å². The molecule has 2 atom stereocenters. The summed E-state index contributed by atoms with van der Waals surface area (Å²) in [6, 6.07) is 20.6. The van der Waals surface area contributed by atoms with Gasteiger partial charge >= 0.3 is 6.09 Å². The van der Waals surface area contributed by atoms with Crippen molar-refractivity contribution in [3.63, 3.8) is 0 Å². The van der Waals surface area contributed by atoms with Crippen LogP contribution in [0.5, 0.6) is 17.2 Å². The zero-order valence-corrected chi connectivity index (χ0v) is 35.4. The standard InChI is InChI=1S/C40H45BrCl3N3O6.ClH/c1-25-5-12-33(21-26(25)2)50-18-17-46(29-10-11-29)37(48)36-34(22-30-23-45-24-35(36)47(30)38(49)53-39(3,4)40(42,43)44)27-6-13-31(14-7-27)51-19-20-52-32-15-8-28(41)9-16-32;/h5-9,12-16,21,29-30,35,45H,10-11,17-20,22-24H2,1-4H3;1H. The highest BCUT2D eigenvalue weighted by Crippen LogP contribution is 2.43. The Morgan fingerprint density at radius 2 is 1.44 bits per heavy atom. The lowest BCUT2D eigenvalue weighted by atomic mass is 9.82. The second kappa shape index (κ2) is 17.9. The molecule has 2 fully saturated rings. The number of halogens is 5. The highest BCUT2D eigenvalue weighted by Gasteiger charge is 2.50. The molecule has 3 aromatic carbocycles. The minimum absolute atomic E-state index is 0. The summed E-state index contributed by atoms with van der Waals surface area (Å²) in [4.78, 5) is 32.4. The van der Waals surface area contributed by atoms with Gasteiger partial charge in [-0.25, -0.2) is 4.79 Å². The molecule has 3 aromatic rings. The lowest BCUT2D eigenvalue weighted by Gasteiger charge is -2.48. The average molecular weight is 887 g/mol. The molecule has 292 valence electrons. The fraction of sp³-hybridized carbons (Fsp3) is 0.450. The molecule has 1 saturated heterocycles. The number of hydrogen-bond acceptors (Lipinski definition) is 7. The molecule has 2 amide bonds. The third-order valence-electron chi connectivity index (χ3n) is 9.98. The predicted molar refractivity (Wildman–Crippen MR) is 220 cm³/mol. The molecule has 2 unspecified atom stereocenters. The number of carbonyl (C=O) groups excluding carboxylic acids is 2. The van der Waals surface area contributed by atoms with Crippen LogP contribution in [0.3, 0.4) is 0 Å². The first-order valence-corrected chi connectivity index (χ1v) is 19.8. The van der Waals surface area contributed by atoms with Crippen LogP contribution in [0.1, 0.15) is 49.8 Å². The summed E-state index contributed by atoms with van der Waals surface area (Å²) >= 11 is 22.1. The molecule has 3 aliphatic rings. The summed E-state index contributed by atoms with van der Waals surface area (Å²) in [5, 5.41) is 3.44. The molecule has 14 heteroatoms. The van der Waals surface area contributed by atoms with Crippen molar-refractivity contribution in [1.82, 2.24) is 15.1 Å². The van der Waals surface area contributed by atoms with E-state index in [0.717, 1.165) is 45.5 Å². The summed E-state index contributed by atoms with van der Waals surface area (Å²) in [5.74, 6) is 2.09. The molecule has 54 heavy (non-hydrogen) atoms. The third kappa shape index (κ3) is 10.1. The number of nitrogens with zero attached hydrogens (tertiary/aromatic N) is 2. The van der Waals surface area contributed by atoms with Crippen molar-refractivity contribution in [1.29, 1.82) is 0 Å². The Morgan fingerprint density at radius 1 is 0.852 bits per heavy atom. The molecular formula is C40H46BrCl4N3O6. The SMILES string of the molecule is Cc1ccc(OCCN(C(=O)C2=C(c3ccc(OCCOc4ccc(Br)cc4)cc3)CC3CNCC2N3C(=O)OC(C)(C)C(Cl)(Cl)Cl)C2CC2)cc1C.Cl. The number of amides is 2. The van der Waals surface area contributed by atoms with Gasteiger partial charge in [0.25, 0.3) is 5.91 Å². The molecule has 2 heterocycles. The Bertz CT molecular complexity index is 1820. The Labute approximate surface area is 347 Å². The molecule has 0 spiro atoms. The van der Waals surface area contributed by atoms with Gasteiger partial charge in [0.1, 0.15) is 37.1 Å².